The third-order valence-electron chi connectivity index (χ3n) is 3.09. The van der Waals surface area contributed by atoms with E-state index < -0.39 is 13.2 Å². The molecule has 0 saturated heterocycles. The van der Waals surface area contributed by atoms with Crippen molar-refractivity contribution >= 4 is 13.2 Å². The Hall–Kier alpha value is -1.89. The van der Waals surface area contributed by atoms with Gasteiger partial charge in [-0.1, -0.05) is 6.58 Å². The maximum absolute atomic E-state index is 11.5. The molecule has 0 saturated carbocycles. The molecule has 0 aliphatic carbocycles. The zero-order valence-electron chi connectivity index (χ0n) is 11.8. The van der Waals surface area contributed by atoms with Crippen LogP contribution in [0.15, 0.2) is 12.2 Å². The molecule has 0 aromatic rings. The third-order valence-corrected chi connectivity index (χ3v) is 7.66. The Bertz CT molecular complexity index is 423. The Labute approximate surface area is 120 Å². The van der Waals surface area contributed by atoms with Crippen LogP contribution in [0, 0.1) is 34.0 Å². The number of nitrogens with zero attached hydrogens (tertiary/aromatic N) is 3. The van der Waals surface area contributed by atoms with Crippen molar-refractivity contribution in [2.24, 2.45) is 0 Å². The smallest absolute Gasteiger partial charge is 0.336 e. The van der Waals surface area contributed by atoms with Crippen LogP contribution in [0.2, 0.25) is 0 Å². The molecule has 5 nitrogen and oxygen atoms in total. The third kappa shape index (κ3) is 6.33. The van der Waals surface area contributed by atoms with E-state index in [1.165, 1.54) is 7.11 Å². The zero-order valence-corrected chi connectivity index (χ0v) is 12.7. The van der Waals surface area contributed by atoms with Crippen molar-refractivity contribution in [3.63, 3.8) is 0 Å². The lowest BCUT2D eigenvalue weighted by atomic mass is 10.4. The molecule has 20 heavy (non-hydrogen) atoms. The highest BCUT2D eigenvalue weighted by Crippen LogP contribution is 2.61. The topological polar surface area (TPSA) is 97.7 Å². The van der Waals surface area contributed by atoms with Gasteiger partial charge in [-0.2, -0.15) is 15.8 Å². The molecule has 0 unspecified atom stereocenters. The van der Waals surface area contributed by atoms with Crippen LogP contribution in [0.3, 0.4) is 0 Å². The van der Waals surface area contributed by atoms with Crippen molar-refractivity contribution in [1.82, 2.24) is 0 Å². The summed E-state index contributed by atoms with van der Waals surface area (Å²) in [6.45, 7) is 3.74. The predicted octanol–water partition coefficient (Wildman–Crippen LogP) is 2.47. The molecular formula is C14H19N3O2P+. The first kappa shape index (κ1) is 18.1. The van der Waals surface area contributed by atoms with Gasteiger partial charge in [-0.25, -0.2) is 4.79 Å². The lowest BCUT2D eigenvalue weighted by molar-refractivity contribution is -0.135. The lowest BCUT2D eigenvalue weighted by Gasteiger charge is -2.25. The first-order chi connectivity index (χ1) is 9.55. The van der Waals surface area contributed by atoms with Gasteiger partial charge in [-0.3, -0.25) is 0 Å². The normalized spacial score (nSPS) is 9.90. The van der Waals surface area contributed by atoms with Crippen molar-refractivity contribution in [2.45, 2.75) is 19.3 Å². The fourth-order valence-electron chi connectivity index (χ4n) is 2.05. The highest BCUT2D eigenvalue weighted by Gasteiger charge is 2.38. The summed E-state index contributed by atoms with van der Waals surface area (Å²) in [7, 11) is -0.438. The van der Waals surface area contributed by atoms with Crippen LogP contribution in [0.25, 0.3) is 0 Å². The quantitative estimate of drug-likeness (QED) is 0.369. The fourth-order valence-corrected chi connectivity index (χ4v) is 5.85. The highest BCUT2D eigenvalue weighted by atomic mass is 31.2. The van der Waals surface area contributed by atoms with Gasteiger partial charge >= 0.3 is 5.97 Å². The molecule has 0 fully saturated rings. The second-order valence-electron chi connectivity index (χ2n) is 4.49. The number of nitriles is 3. The Morgan fingerprint density at radius 2 is 1.45 bits per heavy atom. The molecule has 0 bridgehead atoms. The number of methoxy groups -OCH3 is 1. The Morgan fingerprint density at radius 3 is 1.75 bits per heavy atom. The van der Waals surface area contributed by atoms with E-state index in [1.807, 2.05) is 0 Å². The number of hydrogen-bond donors (Lipinski definition) is 0. The summed E-state index contributed by atoms with van der Waals surface area (Å²) in [5.74, 6) is -0.458. The van der Waals surface area contributed by atoms with E-state index in [0.717, 1.165) is 0 Å². The minimum atomic E-state index is -1.74. The maximum Gasteiger partial charge on any atom is 0.336 e. The predicted molar refractivity (Wildman–Crippen MR) is 78.2 cm³/mol. The largest absolute Gasteiger partial charge is 0.466 e. The average Bonchev–Trinajstić information content (AvgIpc) is 2.47. The molecule has 6 heteroatoms. The molecule has 0 rings (SSSR count). The van der Waals surface area contributed by atoms with Gasteiger partial charge in [0.1, 0.15) is 0 Å². The molecule has 0 aliphatic rings. The van der Waals surface area contributed by atoms with Gasteiger partial charge in [0.15, 0.2) is 0 Å². The van der Waals surface area contributed by atoms with Crippen molar-refractivity contribution in [2.75, 3.05) is 31.8 Å². The summed E-state index contributed by atoms with van der Waals surface area (Å²) in [5, 5.41) is 26.4. The maximum atomic E-state index is 11.5. The molecule has 0 aliphatic heterocycles. The molecule has 0 amide bonds. The van der Waals surface area contributed by atoms with E-state index in [2.05, 4.69) is 29.5 Å². The summed E-state index contributed by atoms with van der Waals surface area (Å²) in [4.78, 5) is 11.5. The van der Waals surface area contributed by atoms with Crippen LogP contribution >= 0.6 is 7.26 Å². The molecule has 0 aromatic heterocycles. The lowest BCUT2D eigenvalue weighted by Crippen LogP contribution is -2.17. The number of carbonyl (C=O) groups is 1. The van der Waals surface area contributed by atoms with Crippen LogP contribution in [0.5, 0.6) is 0 Å². The summed E-state index contributed by atoms with van der Waals surface area (Å²) in [6, 6.07) is 6.33. The molecule has 0 radical (unpaired) electrons. The number of carbonyl (C=O) groups excluding carboxylic acids is 1. The Kier molecular flexibility index (Phi) is 9.02. The van der Waals surface area contributed by atoms with E-state index in [-0.39, 0.29) is 0 Å². The van der Waals surface area contributed by atoms with Gasteiger partial charge < -0.3 is 4.74 Å². The average molecular weight is 292 g/mol. The first-order valence-electron chi connectivity index (χ1n) is 6.27. The minimum Gasteiger partial charge on any atom is -0.466 e. The van der Waals surface area contributed by atoms with Gasteiger partial charge in [0.25, 0.3) is 0 Å². The highest BCUT2D eigenvalue weighted by molar-refractivity contribution is 7.76. The molecule has 0 atom stereocenters. The second-order valence-corrected chi connectivity index (χ2v) is 8.83. The van der Waals surface area contributed by atoms with E-state index in [1.54, 1.807) is 0 Å². The van der Waals surface area contributed by atoms with Crippen LogP contribution < -0.4 is 0 Å². The Balaban J connectivity index is 5.09. The number of hydrogen-bond acceptors (Lipinski definition) is 5. The van der Waals surface area contributed by atoms with Gasteiger partial charge in [-0.15, -0.1) is 0 Å². The molecule has 0 spiro atoms. The monoisotopic (exact) mass is 292 g/mol. The van der Waals surface area contributed by atoms with Crippen molar-refractivity contribution < 1.29 is 9.53 Å². The van der Waals surface area contributed by atoms with E-state index in [9.17, 15) is 4.79 Å². The van der Waals surface area contributed by atoms with E-state index >= 15 is 0 Å². The summed E-state index contributed by atoms with van der Waals surface area (Å²) < 4.78 is 4.66. The number of rotatable bonds is 9. The SMILES string of the molecule is C=C(C[P+](CCC#N)(CCC#N)CCC#N)C(=O)OC. The zero-order chi connectivity index (χ0) is 15.4. The number of ether oxygens (including phenoxy) is 1. The molecule has 0 N–H and O–H groups in total. The van der Waals surface area contributed by atoms with Crippen LogP contribution in [0.1, 0.15) is 19.3 Å². The molecule has 106 valence electrons. The molecule has 0 aromatic carbocycles. The van der Waals surface area contributed by atoms with E-state index in [4.69, 9.17) is 15.8 Å². The van der Waals surface area contributed by atoms with Gasteiger partial charge in [-0.05, 0) is 0 Å². The summed E-state index contributed by atoms with van der Waals surface area (Å²) in [5.41, 5.74) is 0.370. The molecule has 0 heterocycles. The van der Waals surface area contributed by atoms with Crippen molar-refractivity contribution in [3.05, 3.63) is 12.2 Å². The van der Waals surface area contributed by atoms with Crippen molar-refractivity contribution in [1.29, 1.82) is 15.8 Å². The van der Waals surface area contributed by atoms with Crippen LogP contribution in [0.4, 0.5) is 0 Å². The Morgan fingerprint density at radius 1 is 1.05 bits per heavy atom. The second kappa shape index (κ2) is 9.96. The van der Waals surface area contributed by atoms with Gasteiger partial charge in [0, 0.05) is 7.26 Å². The number of esters is 1. The van der Waals surface area contributed by atoms with Crippen molar-refractivity contribution in [3.8, 4) is 18.2 Å². The van der Waals surface area contributed by atoms with Gasteiger partial charge in [0.2, 0.25) is 0 Å². The van der Waals surface area contributed by atoms with Gasteiger partial charge in [0.05, 0.1) is 74.8 Å². The summed E-state index contributed by atoms with van der Waals surface area (Å²) in [6.07, 6.45) is 3.55. The first-order valence-corrected chi connectivity index (χ1v) is 8.80. The van der Waals surface area contributed by atoms with Crippen LogP contribution in [-0.2, 0) is 9.53 Å². The van der Waals surface area contributed by atoms with Crippen LogP contribution in [-0.4, -0.2) is 37.7 Å². The minimum absolute atomic E-state index is 0.370. The van der Waals surface area contributed by atoms with E-state index in [0.29, 0.717) is 49.5 Å². The fraction of sp³-hybridized carbons (Fsp3) is 0.571. The summed E-state index contributed by atoms with van der Waals surface area (Å²) >= 11 is 0. The molecular weight excluding hydrogens is 273 g/mol. The standard InChI is InChI=1S/C14H19N3O2P/c1-13(14(18)19-2)12-20(9-3-6-15,10-4-7-16)11-5-8-17/h1,3-5,9-12H2,2H3/q+1.